The van der Waals surface area contributed by atoms with Crippen LogP contribution >= 0.6 is 27.5 Å². The monoisotopic (exact) mass is 555 g/mol. The van der Waals surface area contributed by atoms with Gasteiger partial charge >= 0.3 is 0 Å². The highest BCUT2D eigenvalue weighted by atomic mass is 79.9. The smallest absolute Gasteiger partial charge is 0.282 e. The van der Waals surface area contributed by atoms with Crippen molar-refractivity contribution in [2.24, 2.45) is 0 Å². The second-order valence-corrected chi connectivity index (χ2v) is 8.64. The maximum atomic E-state index is 12.8. The van der Waals surface area contributed by atoms with Crippen LogP contribution in [0, 0.1) is 0 Å². The molecule has 10 heteroatoms. The first kappa shape index (κ1) is 24.3. The fourth-order valence-electron chi connectivity index (χ4n) is 3.31. The molecule has 0 atom stereocenters. The Morgan fingerprint density at radius 3 is 2.51 bits per heavy atom. The molecule has 178 valence electrons. The first-order valence-corrected chi connectivity index (χ1v) is 11.5. The summed E-state index contributed by atoms with van der Waals surface area (Å²) in [6.45, 7) is -0.273. The molecule has 1 fully saturated rings. The lowest BCUT2D eigenvalue weighted by Crippen LogP contribution is -2.35. The van der Waals surface area contributed by atoms with Gasteiger partial charge in [0.25, 0.3) is 17.7 Å². The molecule has 0 radical (unpaired) electrons. The van der Waals surface area contributed by atoms with Crippen LogP contribution in [0.25, 0.3) is 6.08 Å². The van der Waals surface area contributed by atoms with E-state index >= 15 is 0 Å². The summed E-state index contributed by atoms with van der Waals surface area (Å²) in [7, 11) is 1.45. The number of nitrogens with zero attached hydrogens (tertiary/aromatic N) is 1. The number of ether oxygens (including phenoxy) is 2. The number of hydrazine groups is 1. The molecule has 1 aliphatic rings. The van der Waals surface area contributed by atoms with Crippen molar-refractivity contribution in [2.45, 2.75) is 0 Å². The first-order valence-electron chi connectivity index (χ1n) is 10.3. The summed E-state index contributed by atoms with van der Waals surface area (Å²) in [6.07, 6.45) is 1.46. The molecule has 0 unspecified atom stereocenters. The van der Waals surface area contributed by atoms with E-state index in [2.05, 4.69) is 26.7 Å². The van der Waals surface area contributed by atoms with Gasteiger partial charge in [-0.2, -0.15) is 0 Å². The molecule has 2 N–H and O–H groups in total. The van der Waals surface area contributed by atoms with E-state index in [1.54, 1.807) is 60.7 Å². The second-order valence-electron chi connectivity index (χ2n) is 7.35. The van der Waals surface area contributed by atoms with Crippen molar-refractivity contribution in [1.29, 1.82) is 0 Å². The fraction of sp³-hybridized carbons (Fsp3) is 0.0800. The predicted molar refractivity (Wildman–Crippen MR) is 136 cm³/mol. The average Bonchev–Trinajstić information content (AvgIpc) is 3.13. The quantitative estimate of drug-likeness (QED) is 0.328. The number of nitrogens with one attached hydrogen (secondary N) is 2. The van der Waals surface area contributed by atoms with Crippen LogP contribution in [0.4, 0.5) is 11.4 Å². The van der Waals surface area contributed by atoms with Crippen LogP contribution in [0.2, 0.25) is 5.02 Å². The maximum Gasteiger partial charge on any atom is 0.282 e. The number of benzene rings is 3. The van der Waals surface area contributed by atoms with Gasteiger partial charge in [0, 0.05) is 10.7 Å². The predicted octanol–water partition coefficient (Wildman–Crippen LogP) is 4.59. The van der Waals surface area contributed by atoms with E-state index in [-0.39, 0.29) is 18.1 Å². The minimum atomic E-state index is -0.520. The Labute approximate surface area is 214 Å². The van der Waals surface area contributed by atoms with E-state index in [9.17, 15) is 14.4 Å². The van der Waals surface area contributed by atoms with Crippen LogP contribution in [0.1, 0.15) is 5.56 Å². The standard InChI is InChI=1S/C25H19BrClN3O5/c1-34-21-13-15(11-19-24(32)29-30(25(19)33)18-5-3-2-4-6-18)12-20(26)23(21)35-14-22(31)28-17-9-7-16(27)8-10-17/h2-13H,14H2,1H3,(H,28,31)(H,29,32)/b19-11-. The van der Waals surface area contributed by atoms with E-state index in [0.717, 1.165) is 0 Å². The molecule has 8 nitrogen and oxygen atoms in total. The number of carbonyl (C=O) groups excluding carboxylic acids is 3. The molecule has 4 rings (SSSR count). The molecule has 3 amide bonds. The summed E-state index contributed by atoms with van der Waals surface area (Å²) in [5, 5.41) is 4.46. The lowest BCUT2D eigenvalue weighted by molar-refractivity contribution is -0.118. The van der Waals surface area contributed by atoms with Gasteiger partial charge in [-0.1, -0.05) is 29.8 Å². The molecular weight excluding hydrogens is 538 g/mol. The summed E-state index contributed by atoms with van der Waals surface area (Å²) in [5.74, 6) is -0.754. The molecular formula is C25H19BrClN3O5. The Hall–Kier alpha value is -3.82. The third-order valence-corrected chi connectivity index (χ3v) is 5.79. The molecule has 3 aromatic carbocycles. The summed E-state index contributed by atoms with van der Waals surface area (Å²) in [4.78, 5) is 37.6. The fourth-order valence-corrected chi connectivity index (χ4v) is 4.01. The van der Waals surface area contributed by atoms with Crippen LogP contribution < -0.4 is 25.2 Å². The van der Waals surface area contributed by atoms with Crippen molar-refractivity contribution in [2.75, 3.05) is 24.0 Å². The van der Waals surface area contributed by atoms with Gasteiger partial charge < -0.3 is 14.8 Å². The highest BCUT2D eigenvalue weighted by Gasteiger charge is 2.34. The van der Waals surface area contributed by atoms with E-state index < -0.39 is 11.8 Å². The van der Waals surface area contributed by atoms with Crippen molar-refractivity contribution in [3.8, 4) is 11.5 Å². The largest absolute Gasteiger partial charge is 0.493 e. The van der Waals surface area contributed by atoms with Crippen molar-refractivity contribution in [1.82, 2.24) is 5.43 Å². The highest BCUT2D eigenvalue weighted by molar-refractivity contribution is 9.10. The van der Waals surface area contributed by atoms with Crippen LogP contribution in [0.5, 0.6) is 11.5 Å². The number of para-hydroxylation sites is 1. The van der Waals surface area contributed by atoms with Crippen molar-refractivity contribution < 1.29 is 23.9 Å². The molecule has 0 bridgehead atoms. The molecule has 1 saturated heterocycles. The zero-order valence-corrected chi connectivity index (χ0v) is 20.7. The van der Waals surface area contributed by atoms with Crippen molar-refractivity contribution >= 4 is 62.7 Å². The lowest BCUT2D eigenvalue weighted by atomic mass is 10.1. The number of rotatable bonds is 7. The third kappa shape index (κ3) is 5.64. The molecule has 0 aromatic heterocycles. The summed E-state index contributed by atoms with van der Waals surface area (Å²) >= 11 is 9.27. The summed E-state index contributed by atoms with van der Waals surface area (Å²) in [6, 6.07) is 18.8. The lowest BCUT2D eigenvalue weighted by Gasteiger charge is -2.14. The minimum absolute atomic E-state index is 0.0289. The minimum Gasteiger partial charge on any atom is -0.493 e. The first-order chi connectivity index (χ1) is 16.9. The normalized spacial score (nSPS) is 14.1. The molecule has 3 aromatic rings. The number of hydrogen-bond acceptors (Lipinski definition) is 5. The Bertz CT molecular complexity index is 1310. The van der Waals surface area contributed by atoms with Gasteiger partial charge in [-0.25, -0.2) is 5.01 Å². The highest BCUT2D eigenvalue weighted by Crippen LogP contribution is 2.37. The third-order valence-electron chi connectivity index (χ3n) is 4.94. The van der Waals surface area contributed by atoms with Gasteiger partial charge in [-0.15, -0.1) is 0 Å². The SMILES string of the molecule is COc1cc(/C=C2/C(=O)NN(c3ccccc3)C2=O)cc(Br)c1OCC(=O)Nc1ccc(Cl)cc1. The van der Waals surface area contributed by atoms with Crippen LogP contribution in [0.3, 0.4) is 0 Å². The Balaban J connectivity index is 1.50. The van der Waals surface area contributed by atoms with Crippen molar-refractivity contribution in [3.63, 3.8) is 0 Å². The Morgan fingerprint density at radius 1 is 1.11 bits per heavy atom. The Kier molecular flexibility index (Phi) is 7.38. The molecule has 0 spiro atoms. The van der Waals surface area contributed by atoms with Gasteiger partial charge in [-0.05, 0) is 76.1 Å². The topological polar surface area (TPSA) is 97.0 Å². The van der Waals surface area contributed by atoms with E-state index in [4.69, 9.17) is 21.1 Å². The number of anilines is 2. The zero-order chi connectivity index (χ0) is 24.9. The number of hydrogen-bond donors (Lipinski definition) is 2. The van der Waals surface area contributed by atoms with Crippen LogP contribution in [-0.4, -0.2) is 31.4 Å². The molecule has 0 aliphatic carbocycles. The molecule has 0 saturated carbocycles. The number of halogens is 2. The van der Waals surface area contributed by atoms with Gasteiger partial charge in [0.1, 0.15) is 5.57 Å². The summed E-state index contributed by atoms with van der Waals surface area (Å²) < 4.78 is 11.6. The average molecular weight is 557 g/mol. The van der Waals surface area contributed by atoms with Gasteiger partial charge in [0.2, 0.25) is 0 Å². The number of carbonyl (C=O) groups is 3. The number of methoxy groups -OCH3 is 1. The zero-order valence-electron chi connectivity index (χ0n) is 18.4. The second kappa shape index (κ2) is 10.6. The number of amides is 3. The van der Waals surface area contributed by atoms with Gasteiger partial charge in [0.05, 0.1) is 17.3 Å². The van der Waals surface area contributed by atoms with Gasteiger partial charge in [-0.3, -0.25) is 19.8 Å². The van der Waals surface area contributed by atoms with E-state index in [0.29, 0.717) is 37.9 Å². The molecule has 35 heavy (non-hydrogen) atoms. The molecule has 1 heterocycles. The molecule has 1 aliphatic heterocycles. The van der Waals surface area contributed by atoms with E-state index in [1.807, 2.05) is 6.07 Å². The van der Waals surface area contributed by atoms with E-state index in [1.165, 1.54) is 18.2 Å². The van der Waals surface area contributed by atoms with Crippen LogP contribution in [0.15, 0.2) is 76.8 Å². The van der Waals surface area contributed by atoms with Crippen molar-refractivity contribution in [3.05, 3.63) is 87.4 Å². The van der Waals surface area contributed by atoms with Crippen LogP contribution in [-0.2, 0) is 14.4 Å². The Morgan fingerprint density at radius 2 is 1.83 bits per heavy atom. The van der Waals surface area contributed by atoms with Gasteiger partial charge in [0.15, 0.2) is 18.1 Å². The maximum absolute atomic E-state index is 12.8. The summed E-state index contributed by atoms with van der Waals surface area (Å²) in [5.41, 5.74) is 4.19.